The summed E-state index contributed by atoms with van der Waals surface area (Å²) >= 11 is 12.2. The van der Waals surface area contributed by atoms with Crippen LogP contribution >= 0.6 is 23.2 Å². The maximum atomic E-state index is 6.16. The van der Waals surface area contributed by atoms with Gasteiger partial charge < -0.3 is 4.74 Å². The molecule has 0 aliphatic carbocycles. The Labute approximate surface area is 124 Å². The average Bonchev–Trinajstić information content (AvgIpc) is 2.84. The number of morpholine rings is 1. The Morgan fingerprint density at radius 3 is 2.58 bits per heavy atom. The van der Waals surface area contributed by atoms with Crippen LogP contribution in [0.15, 0.2) is 18.2 Å². The summed E-state index contributed by atoms with van der Waals surface area (Å²) in [5.74, 6) is 0. The summed E-state index contributed by atoms with van der Waals surface area (Å²) in [6.07, 6.45) is 1.02. The topological polar surface area (TPSA) is 12.5 Å². The molecule has 0 saturated carbocycles. The number of nitrogens with zero attached hydrogens (tertiary/aromatic N) is 1. The van der Waals surface area contributed by atoms with Crippen LogP contribution in [-0.2, 0) is 10.3 Å². The fourth-order valence-electron chi connectivity index (χ4n) is 3.63. The van der Waals surface area contributed by atoms with Crippen LogP contribution in [0.5, 0.6) is 0 Å². The Hall–Kier alpha value is -0.280. The Balaban J connectivity index is 1.99. The van der Waals surface area contributed by atoms with E-state index >= 15 is 0 Å². The molecule has 19 heavy (non-hydrogen) atoms. The Morgan fingerprint density at radius 2 is 2.00 bits per heavy atom. The van der Waals surface area contributed by atoms with Crippen molar-refractivity contribution in [2.24, 2.45) is 0 Å². The quantitative estimate of drug-likeness (QED) is 0.815. The van der Waals surface area contributed by atoms with E-state index in [1.807, 2.05) is 18.2 Å². The number of hydrogen-bond acceptors (Lipinski definition) is 2. The minimum atomic E-state index is -0.215. The van der Waals surface area contributed by atoms with Crippen molar-refractivity contribution in [3.8, 4) is 0 Å². The molecule has 4 heteroatoms. The summed E-state index contributed by atoms with van der Waals surface area (Å²) < 4.78 is 6.16. The first kappa shape index (κ1) is 13.7. The first-order valence-electron chi connectivity index (χ1n) is 6.73. The molecule has 0 N–H and O–H groups in total. The van der Waals surface area contributed by atoms with E-state index in [0.717, 1.165) is 25.1 Å². The number of benzene rings is 1. The molecule has 2 saturated heterocycles. The van der Waals surface area contributed by atoms with Gasteiger partial charge in [0, 0.05) is 24.5 Å². The standard InChI is InChI=1S/C15H19Cl2NO/c1-10(2)18-8-15(7-14(18,3)9-19-15)11-4-5-12(16)13(17)6-11/h4-6,10H,7-9H2,1-3H3. The average molecular weight is 300 g/mol. The molecule has 0 amide bonds. The molecule has 2 bridgehead atoms. The van der Waals surface area contributed by atoms with Gasteiger partial charge in [-0.05, 0) is 38.5 Å². The van der Waals surface area contributed by atoms with Gasteiger partial charge >= 0.3 is 0 Å². The Bertz CT molecular complexity index is 519. The summed E-state index contributed by atoms with van der Waals surface area (Å²) in [6, 6.07) is 6.40. The first-order valence-corrected chi connectivity index (χ1v) is 7.48. The summed E-state index contributed by atoms with van der Waals surface area (Å²) in [5.41, 5.74) is 1.07. The molecule has 2 heterocycles. The van der Waals surface area contributed by atoms with Crippen molar-refractivity contribution in [2.45, 2.75) is 44.4 Å². The molecular formula is C15H19Cl2NO. The lowest BCUT2D eigenvalue weighted by atomic mass is 9.89. The Kier molecular flexibility index (Phi) is 3.14. The van der Waals surface area contributed by atoms with Gasteiger partial charge in [-0.2, -0.15) is 0 Å². The second-order valence-corrected chi connectivity index (χ2v) is 7.12. The van der Waals surface area contributed by atoms with E-state index in [-0.39, 0.29) is 11.1 Å². The van der Waals surface area contributed by atoms with Gasteiger partial charge in [0.15, 0.2) is 0 Å². The van der Waals surface area contributed by atoms with Gasteiger partial charge in [0.2, 0.25) is 0 Å². The smallest absolute Gasteiger partial charge is 0.108 e. The number of rotatable bonds is 2. The van der Waals surface area contributed by atoms with Crippen molar-refractivity contribution in [3.63, 3.8) is 0 Å². The van der Waals surface area contributed by atoms with Crippen LogP contribution in [0.4, 0.5) is 0 Å². The SMILES string of the molecule is CC(C)N1CC2(c3ccc(Cl)c(Cl)c3)CC1(C)CO2. The molecule has 3 rings (SSSR count). The molecule has 1 aromatic rings. The third-order valence-electron chi connectivity index (χ3n) is 4.51. The predicted molar refractivity (Wildman–Crippen MR) is 79.0 cm³/mol. The Morgan fingerprint density at radius 1 is 1.26 bits per heavy atom. The summed E-state index contributed by atoms with van der Waals surface area (Å²) in [7, 11) is 0. The van der Waals surface area contributed by atoms with Crippen molar-refractivity contribution in [2.75, 3.05) is 13.2 Å². The predicted octanol–water partition coefficient (Wildman–Crippen LogP) is 4.09. The number of likely N-dealkylation sites (tertiary alicyclic amines) is 1. The van der Waals surface area contributed by atoms with E-state index in [2.05, 4.69) is 25.7 Å². The third-order valence-corrected chi connectivity index (χ3v) is 5.25. The van der Waals surface area contributed by atoms with Crippen LogP contribution in [-0.4, -0.2) is 29.6 Å². The lowest BCUT2D eigenvalue weighted by molar-refractivity contribution is -0.0760. The maximum Gasteiger partial charge on any atom is 0.108 e. The van der Waals surface area contributed by atoms with Crippen molar-refractivity contribution in [1.29, 1.82) is 0 Å². The third kappa shape index (κ3) is 2.01. The van der Waals surface area contributed by atoms with E-state index in [1.165, 1.54) is 0 Å². The van der Waals surface area contributed by atoms with Crippen molar-refractivity contribution in [1.82, 2.24) is 4.90 Å². The normalized spacial score (nSPS) is 34.4. The minimum absolute atomic E-state index is 0.139. The highest BCUT2D eigenvalue weighted by Gasteiger charge is 2.59. The molecule has 2 atom stereocenters. The summed E-state index contributed by atoms with van der Waals surface area (Å²) in [5, 5.41) is 1.20. The number of fused-ring (bicyclic) bond motifs is 2. The zero-order valence-electron chi connectivity index (χ0n) is 11.5. The van der Waals surface area contributed by atoms with E-state index in [1.54, 1.807) is 0 Å². The van der Waals surface area contributed by atoms with Crippen molar-refractivity contribution < 1.29 is 4.74 Å². The van der Waals surface area contributed by atoms with E-state index in [4.69, 9.17) is 27.9 Å². The largest absolute Gasteiger partial charge is 0.367 e. The second-order valence-electron chi connectivity index (χ2n) is 6.31. The number of ether oxygens (including phenoxy) is 1. The van der Waals surface area contributed by atoms with E-state index < -0.39 is 0 Å². The molecule has 0 radical (unpaired) electrons. The van der Waals surface area contributed by atoms with Gasteiger partial charge in [-0.25, -0.2) is 0 Å². The molecule has 104 valence electrons. The van der Waals surface area contributed by atoms with Crippen molar-refractivity contribution in [3.05, 3.63) is 33.8 Å². The van der Waals surface area contributed by atoms with Crippen LogP contribution in [0, 0.1) is 0 Å². The van der Waals surface area contributed by atoms with Crippen molar-refractivity contribution >= 4 is 23.2 Å². The van der Waals surface area contributed by atoms with Crippen LogP contribution in [0.2, 0.25) is 10.0 Å². The van der Waals surface area contributed by atoms with E-state index in [0.29, 0.717) is 16.1 Å². The van der Waals surface area contributed by atoms with Gasteiger partial charge in [-0.3, -0.25) is 4.90 Å². The molecular weight excluding hydrogens is 281 g/mol. The minimum Gasteiger partial charge on any atom is -0.367 e. The zero-order chi connectivity index (χ0) is 13.8. The lowest BCUT2D eigenvalue weighted by Crippen LogP contribution is -2.51. The number of hydrogen-bond donors (Lipinski definition) is 0. The van der Waals surface area contributed by atoms with Gasteiger partial charge in [0.25, 0.3) is 0 Å². The molecule has 2 fully saturated rings. The lowest BCUT2D eigenvalue weighted by Gasteiger charge is -2.40. The van der Waals surface area contributed by atoms with Crippen LogP contribution in [0.3, 0.4) is 0 Å². The van der Waals surface area contributed by atoms with E-state index in [9.17, 15) is 0 Å². The monoisotopic (exact) mass is 299 g/mol. The fourth-order valence-corrected chi connectivity index (χ4v) is 3.92. The number of halogens is 2. The zero-order valence-corrected chi connectivity index (χ0v) is 13.1. The summed E-state index contributed by atoms with van der Waals surface area (Å²) in [4.78, 5) is 2.54. The van der Waals surface area contributed by atoms with Gasteiger partial charge in [-0.15, -0.1) is 0 Å². The molecule has 2 nitrogen and oxygen atoms in total. The highest BCUT2D eigenvalue weighted by molar-refractivity contribution is 6.42. The highest BCUT2D eigenvalue weighted by Crippen LogP contribution is 2.52. The maximum absolute atomic E-state index is 6.16. The molecule has 1 aromatic carbocycles. The van der Waals surface area contributed by atoms with Gasteiger partial charge in [0.1, 0.15) is 5.60 Å². The fraction of sp³-hybridized carbons (Fsp3) is 0.600. The molecule has 2 aliphatic rings. The first-order chi connectivity index (χ1) is 8.86. The van der Waals surface area contributed by atoms with Gasteiger partial charge in [0.05, 0.1) is 16.7 Å². The molecule has 0 spiro atoms. The van der Waals surface area contributed by atoms with Crippen LogP contribution in [0.1, 0.15) is 32.8 Å². The van der Waals surface area contributed by atoms with Gasteiger partial charge in [-0.1, -0.05) is 29.3 Å². The second kappa shape index (κ2) is 4.36. The summed E-state index contributed by atoms with van der Waals surface area (Å²) in [6.45, 7) is 8.49. The molecule has 0 aromatic heterocycles. The highest BCUT2D eigenvalue weighted by atomic mass is 35.5. The van der Waals surface area contributed by atoms with Crippen LogP contribution < -0.4 is 0 Å². The molecule has 2 aliphatic heterocycles. The van der Waals surface area contributed by atoms with Crippen LogP contribution in [0.25, 0.3) is 0 Å². The molecule has 2 unspecified atom stereocenters.